The molecule has 0 unspecified atom stereocenters. The van der Waals surface area contributed by atoms with Gasteiger partial charge in [0.15, 0.2) is 0 Å². The molecule has 2 N–H and O–H groups in total. The average molecular weight is 289 g/mol. The Bertz CT molecular complexity index is 408. The van der Waals surface area contributed by atoms with Crippen LogP contribution in [-0.4, -0.2) is 18.5 Å². The minimum atomic E-state index is 0.0617. The van der Waals surface area contributed by atoms with Crippen molar-refractivity contribution in [2.24, 2.45) is 0 Å². The van der Waals surface area contributed by atoms with Crippen molar-refractivity contribution in [2.75, 3.05) is 6.54 Å². The molecule has 18 heavy (non-hydrogen) atoms. The van der Waals surface area contributed by atoms with E-state index in [0.717, 1.165) is 5.56 Å². The summed E-state index contributed by atoms with van der Waals surface area (Å²) in [7, 11) is 0. The number of rotatable bonds is 6. The van der Waals surface area contributed by atoms with Gasteiger partial charge in [-0.25, -0.2) is 0 Å². The van der Waals surface area contributed by atoms with Crippen LogP contribution in [0.4, 0.5) is 0 Å². The van der Waals surface area contributed by atoms with Gasteiger partial charge in [0.1, 0.15) is 0 Å². The molecule has 3 nitrogen and oxygen atoms in total. The Morgan fingerprint density at radius 3 is 2.61 bits per heavy atom. The van der Waals surface area contributed by atoms with Crippen LogP contribution in [0, 0.1) is 0 Å². The zero-order valence-corrected chi connectivity index (χ0v) is 12.1. The first-order chi connectivity index (χ1) is 8.49. The maximum Gasteiger partial charge on any atom is 0.221 e. The highest BCUT2D eigenvalue weighted by atomic mass is 35.5. The van der Waals surface area contributed by atoms with Gasteiger partial charge in [-0.3, -0.25) is 4.79 Å². The van der Waals surface area contributed by atoms with Crippen LogP contribution in [0.25, 0.3) is 0 Å². The minimum absolute atomic E-state index is 0.0617. The van der Waals surface area contributed by atoms with Crippen LogP contribution in [0.3, 0.4) is 0 Å². The first-order valence-electron chi connectivity index (χ1n) is 5.93. The lowest BCUT2D eigenvalue weighted by molar-refractivity contribution is -0.121. The number of benzene rings is 1. The third kappa shape index (κ3) is 5.71. The summed E-state index contributed by atoms with van der Waals surface area (Å²) in [5, 5.41) is 7.13. The lowest BCUT2D eigenvalue weighted by Gasteiger charge is -2.09. The molecule has 0 radical (unpaired) electrons. The summed E-state index contributed by atoms with van der Waals surface area (Å²) in [5.41, 5.74) is 1.05. The molecule has 1 rings (SSSR count). The van der Waals surface area contributed by atoms with Gasteiger partial charge in [-0.05, 0) is 31.5 Å². The van der Waals surface area contributed by atoms with Crippen LogP contribution in [0.5, 0.6) is 0 Å². The van der Waals surface area contributed by atoms with Crippen LogP contribution in [-0.2, 0) is 11.3 Å². The fourth-order valence-corrected chi connectivity index (χ4v) is 1.80. The highest BCUT2D eigenvalue weighted by Crippen LogP contribution is 2.22. The van der Waals surface area contributed by atoms with Gasteiger partial charge in [0.2, 0.25) is 5.91 Å². The molecule has 0 bridgehead atoms. The van der Waals surface area contributed by atoms with Gasteiger partial charge in [0, 0.05) is 25.6 Å². The van der Waals surface area contributed by atoms with Crippen molar-refractivity contribution in [3.8, 4) is 0 Å². The number of carbonyl (C=O) groups is 1. The van der Waals surface area contributed by atoms with Crippen LogP contribution >= 0.6 is 23.2 Å². The van der Waals surface area contributed by atoms with Crippen molar-refractivity contribution in [2.45, 2.75) is 32.9 Å². The normalized spacial score (nSPS) is 10.7. The molecular formula is C13H18Cl2N2O. The molecule has 0 atom stereocenters. The molecule has 0 heterocycles. The smallest absolute Gasteiger partial charge is 0.221 e. The van der Waals surface area contributed by atoms with Crippen molar-refractivity contribution in [1.29, 1.82) is 0 Å². The molecule has 0 aliphatic carbocycles. The minimum Gasteiger partial charge on any atom is -0.354 e. The van der Waals surface area contributed by atoms with E-state index in [-0.39, 0.29) is 11.9 Å². The highest BCUT2D eigenvalue weighted by Gasteiger charge is 2.03. The predicted molar refractivity (Wildman–Crippen MR) is 76.1 cm³/mol. The quantitative estimate of drug-likeness (QED) is 0.790. The Labute approximate surface area is 118 Å². The molecule has 0 fully saturated rings. The van der Waals surface area contributed by atoms with Crippen molar-refractivity contribution in [3.63, 3.8) is 0 Å². The van der Waals surface area contributed by atoms with Gasteiger partial charge in [-0.1, -0.05) is 29.3 Å². The van der Waals surface area contributed by atoms with Crippen LogP contribution in [0.1, 0.15) is 25.8 Å². The Morgan fingerprint density at radius 1 is 1.28 bits per heavy atom. The van der Waals surface area contributed by atoms with E-state index in [1.165, 1.54) is 0 Å². The molecular weight excluding hydrogens is 271 g/mol. The van der Waals surface area contributed by atoms with E-state index in [1.807, 2.05) is 26.0 Å². The van der Waals surface area contributed by atoms with E-state index < -0.39 is 0 Å². The second-order valence-corrected chi connectivity index (χ2v) is 5.21. The van der Waals surface area contributed by atoms with Gasteiger partial charge in [-0.2, -0.15) is 0 Å². The highest BCUT2D eigenvalue weighted by molar-refractivity contribution is 6.42. The molecule has 0 saturated carbocycles. The third-order valence-electron chi connectivity index (χ3n) is 2.29. The zero-order chi connectivity index (χ0) is 13.5. The molecule has 1 aromatic rings. The second-order valence-electron chi connectivity index (χ2n) is 4.40. The largest absolute Gasteiger partial charge is 0.354 e. The molecule has 0 aliphatic rings. The monoisotopic (exact) mass is 288 g/mol. The second kappa shape index (κ2) is 7.62. The lowest BCUT2D eigenvalue weighted by Crippen LogP contribution is -2.32. The SMILES string of the molecule is CC(C)NC(=O)CCNCc1ccc(Cl)c(Cl)c1. The van der Waals surface area contributed by atoms with E-state index in [2.05, 4.69) is 10.6 Å². The van der Waals surface area contributed by atoms with Crippen molar-refractivity contribution >= 4 is 29.1 Å². The molecule has 1 aromatic carbocycles. The molecule has 0 saturated heterocycles. The van der Waals surface area contributed by atoms with Crippen LogP contribution in [0.2, 0.25) is 10.0 Å². The Balaban J connectivity index is 2.25. The van der Waals surface area contributed by atoms with E-state index >= 15 is 0 Å². The molecule has 0 spiro atoms. The Hall–Kier alpha value is -0.770. The maximum absolute atomic E-state index is 11.4. The first kappa shape index (κ1) is 15.3. The summed E-state index contributed by atoms with van der Waals surface area (Å²) in [4.78, 5) is 11.4. The summed E-state index contributed by atoms with van der Waals surface area (Å²) in [5.74, 6) is 0.0617. The Kier molecular flexibility index (Phi) is 6.47. The van der Waals surface area contributed by atoms with Gasteiger partial charge in [-0.15, -0.1) is 0 Å². The number of nitrogens with one attached hydrogen (secondary N) is 2. The summed E-state index contributed by atoms with van der Waals surface area (Å²) < 4.78 is 0. The lowest BCUT2D eigenvalue weighted by atomic mass is 10.2. The molecule has 100 valence electrons. The van der Waals surface area contributed by atoms with E-state index in [4.69, 9.17) is 23.2 Å². The molecule has 5 heteroatoms. The topological polar surface area (TPSA) is 41.1 Å². The average Bonchev–Trinajstić information content (AvgIpc) is 2.28. The first-order valence-corrected chi connectivity index (χ1v) is 6.68. The number of hydrogen-bond donors (Lipinski definition) is 2. The van der Waals surface area contributed by atoms with Gasteiger partial charge >= 0.3 is 0 Å². The van der Waals surface area contributed by atoms with E-state index in [1.54, 1.807) is 6.07 Å². The summed E-state index contributed by atoms with van der Waals surface area (Å²) in [6.07, 6.45) is 0.472. The summed E-state index contributed by atoms with van der Waals surface area (Å²) in [6, 6.07) is 5.69. The third-order valence-corrected chi connectivity index (χ3v) is 3.03. The van der Waals surface area contributed by atoms with E-state index in [0.29, 0.717) is 29.6 Å². The number of amides is 1. The van der Waals surface area contributed by atoms with Crippen molar-refractivity contribution in [3.05, 3.63) is 33.8 Å². The maximum atomic E-state index is 11.4. The van der Waals surface area contributed by atoms with Crippen molar-refractivity contribution < 1.29 is 4.79 Å². The van der Waals surface area contributed by atoms with Gasteiger partial charge in [0.05, 0.1) is 10.0 Å². The fourth-order valence-electron chi connectivity index (χ4n) is 1.48. The number of carbonyl (C=O) groups excluding carboxylic acids is 1. The zero-order valence-electron chi connectivity index (χ0n) is 10.6. The number of hydrogen-bond acceptors (Lipinski definition) is 2. The van der Waals surface area contributed by atoms with Crippen LogP contribution < -0.4 is 10.6 Å². The van der Waals surface area contributed by atoms with Gasteiger partial charge < -0.3 is 10.6 Å². The standard InChI is InChI=1S/C13H18Cl2N2O/c1-9(2)17-13(18)5-6-16-8-10-3-4-11(14)12(15)7-10/h3-4,7,9,16H,5-6,8H2,1-2H3,(H,17,18). The summed E-state index contributed by atoms with van der Waals surface area (Å²) >= 11 is 11.7. The predicted octanol–water partition coefficient (Wildman–Crippen LogP) is 3.00. The van der Waals surface area contributed by atoms with Crippen LogP contribution in [0.15, 0.2) is 18.2 Å². The van der Waals surface area contributed by atoms with Gasteiger partial charge in [0.25, 0.3) is 0 Å². The van der Waals surface area contributed by atoms with E-state index in [9.17, 15) is 4.79 Å². The fraction of sp³-hybridized carbons (Fsp3) is 0.462. The Morgan fingerprint density at radius 2 is 2.00 bits per heavy atom. The molecule has 0 aromatic heterocycles. The molecule has 0 aliphatic heterocycles. The molecule has 1 amide bonds. The summed E-state index contributed by atoms with van der Waals surface area (Å²) in [6.45, 7) is 5.20. The number of halogens is 2. The van der Waals surface area contributed by atoms with Crippen molar-refractivity contribution in [1.82, 2.24) is 10.6 Å².